The molecule has 0 aliphatic rings. The van der Waals surface area contributed by atoms with Crippen LogP contribution in [-0.4, -0.2) is 30.1 Å². The summed E-state index contributed by atoms with van der Waals surface area (Å²) in [6.45, 7) is 4.18. The first kappa shape index (κ1) is 15.7. The molecule has 19 heavy (non-hydrogen) atoms. The average Bonchev–Trinajstić information content (AvgIpc) is 2.38. The highest BCUT2D eigenvalue weighted by Crippen LogP contribution is 2.12. The standard InChI is InChI=1S/C14H22N2O2S/c1-3-19-9-8-11(2)16-14(17)10-18-13-6-4-12(15)5-7-13/h4-7,11H,3,8-10,15H2,1-2H3,(H,16,17). The first-order valence-corrected chi connectivity index (χ1v) is 7.62. The molecule has 0 saturated carbocycles. The smallest absolute Gasteiger partial charge is 0.258 e. The summed E-state index contributed by atoms with van der Waals surface area (Å²) in [5.41, 5.74) is 6.25. The van der Waals surface area contributed by atoms with Gasteiger partial charge in [-0.1, -0.05) is 6.92 Å². The van der Waals surface area contributed by atoms with E-state index in [0.29, 0.717) is 11.4 Å². The van der Waals surface area contributed by atoms with Gasteiger partial charge < -0.3 is 15.8 Å². The number of nitrogens with one attached hydrogen (secondary N) is 1. The molecular formula is C14H22N2O2S. The molecule has 3 N–H and O–H groups in total. The number of hydrogen-bond acceptors (Lipinski definition) is 4. The van der Waals surface area contributed by atoms with Crippen molar-refractivity contribution in [2.24, 2.45) is 0 Å². The lowest BCUT2D eigenvalue weighted by Gasteiger charge is -2.14. The number of nitrogens with two attached hydrogens (primary N) is 1. The molecule has 106 valence electrons. The van der Waals surface area contributed by atoms with E-state index in [-0.39, 0.29) is 18.6 Å². The van der Waals surface area contributed by atoms with Crippen LogP contribution < -0.4 is 15.8 Å². The van der Waals surface area contributed by atoms with Crippen molar-refractivity contribution in [1.82, 2.24) is 5.32 Å². The van der Waals surface area contributed by atoms with E-state index in [4.69, 9.17) is 10.5 Å². The zero-order valence-electron chi connectivity index (χ0n) is 11.5. The zero-order valence-corrected chi connectivity index (χ0v) is 12.3. The minimum atomic E-state index is -0.0918. The van der Waals surface area contributed by atoms with E-state index in [2.05, 4.69) is 12.2 Å². The molecule has 4 nitrogen and oxygen atoms in total. The molecule has 1 rings (SSSR count). The number of carbonyl (C=O) groups is 1. The number of thioether (sulfide) groups is 1. The predicted molar refractivity (Wildman–Crippen MR) is 81.6 cm³/mol. The summed E-state index contributed by atoms with van der Waals surface area (Å²) < 4.78 is 5.38. The van der Waals surface area contributed by atoms with Crippen molar-refractivity contribution < 1.29 is 9.53 Å². The molecule has 0 aliphatic heterocycles. The van der Waals surface area contributed by atoms with Crippen LogP contribution in [0, 0.1) is 0 Å². The fourth-order valence-electron chi connectivity index (χ4n) is 1.51. The molecule has 0 fully saturated rings. The molecule has 0 spiro atoms. The van der Waals surface area contributed by atoms with Gasteiger partial charge in [-0.3, -0.25) is 4.79 Å². The van der Waals surface area contributed by atoms with Crippen molar-refractivity contribution in [1.29, 1.82) is 0 Å². The van der Waals surface area contributed by atoms with Crippen LogP contribution in [0.1, 0.15) is 20.3 Å². The molecule has 1 aromatic carbocycles. The Balaban J connectivity index is 2.22. The third-order valence-corrected chi connectivity index (χ3v) is 3.49. The van der Waals surface area contributed by atoms with Gasteiger partial charge in [-0.05, 0) is 49.1 Å². The number of anilines is 1. The van der Waals surface area contributed by atoms with Crippen LogP contribution in [0.3, 0.4) is 0 Å². The van der Waals surface area contributed by atoms with E-state index in [0.717, 1.165) is 17.9 Å². The first-order chi connectivity index (χ1) is 9.11. The second-order valence-corrected chi connectivity index (χ2v) is 5.71. The second-order valence-electron chi connectivity index (χ2n) is 4.31. The molecule has 0 aliphatic carbocycles. The Morgan fingerprint density at radius 2 is 2.11 bits per heavy atom. The molecule has 0 bridgehead atoms. The van der Waals surface area contributed by atoms with Crippen LogP contribution >= 0.6 is 11.8 Å². The Bertz CT molecular complexity index is 382. The van der Waals surface area contributed by atoms with E-state index in [1.54, 1.807) is 24.3 Å². The van der Waals surface area contributed by atoms with Crippen molar-refractivity contribution in [3.05, 3.63) is 24.3 Å². The van der Waals surface area contributed by atoms with E-state index in [9.17, 15) is 4.79 Å². The van der Waals surface area contributed by atoms with Crippen LogP contribution in [0.2, 0.25) is 0 Å². The van der Waals surface area contributed by atoms with Gasteiger partial charge in [-0.2, -0.15) is 11.8 Å². The average molecular weight is 282 g/mol. The molecule has 0 radical (unpaired) electrons. The third kappa shape index (κ3) is 6.96. The summed E-state index contributed by atoms with van der Waals surface area (Å²) in [5, 5.41) is 2.92. The summed E-state index contributed by atoms with van der Waals surface area (Å²) in [5.74, 6) is 2.74. The SMILES string of the molecule is CCSCCC(C)NC(=O)COc1ccc(N)cc1. The van der Waals surface area contributed by atoms with Crippen LogP contribution in [-0.2, 0) is 4.79 Å². The minimum absolute atomic E-state index is 0.0369. The van der Waals surface area contributed by atoms with E-state index in [1.807, 2.05) is 18.7 Å². The Kier molecular flexibility index (Phi) is 7.18. The van der Waals surface area contributed by atoms with Crippen LogP contribution in [0.25, 0.3) is 0 Å². The van der Waals surface area contributed by atoms with Gasteiger partial charge in [0, 0.05) is 11.7 Å². The number of ether oxygens (including phenoxy) is 1. The maximum atomic E-state index is 11.7. The number of rotatable bonds is 8. The number of hydrogen-bond donors (Lipinski definition) is 2. The molecule has 0 heterocycles. The van der Waals surface area contributed by atoms with Crippen LogP contribution in [0.4, 0.5) is 5.69 Å². The van der Waals surface area contributed by atoms with Gasteiger partial charge in [0.25, 0.3) is 5.91 Å². The van der Waals surface area contributed by atoms with Crippen molar-refractivity contribution in [3.8, 4) is 5.75 Å². The lowest BCUT2D eigenvalue weighted by Crippen LogP contribution is -2.36. The number of amides is 1. The van der Waals surface area contributed by atoms with Gasteiger partial charge >= 0.3 is 0 Å². The molecular weight excluding hydrogens is 260 g/mol. The number of nitrogen functional groups attached to an aromatic ring is 1. The Labute approximate surface area is 119 Å². The monoisotopic (exact) mass is 282 g/mol. The lowest BCUT2D eigenvalue weighted by atomic mass is 10.2. The summed E-state index contributed by atoms with van der Waals surface area (Å²) in [6.07, 6.45) is 0.978. The summed E-state index contributed by atoms with van der Waals surface area (Å²) >= 11 is 1.88. The maximum absolute atomic E-state index is 11.7. The number of carbonyl (C=O) groups excluding carboxylic acids is 1. The van der Waals surface area contributed by atoms with E-state index < -0.39 is 0 Å². The quantitative estimate of drug-likeness (QED) is 0.567. The Hall–Kier alpha value is -1.36. The van der Waals surface area contributed by atoms with Crippen LogP contribution in [0.5, 0.6) is 5.75 Å². The molecule has 0 aromatic heterocycles. The third-order valence-electron chi connectivity index (χ3n) is 2.56. The molecule has 0 saturated heterocycles. The predicted octanol–water partition coefficient (Wildman–Crippen LogP) is 2.30. The minimum Gasteiger partial charge on any atom is -0.484 e. The van der Waals surface area contributed by atoms with Crippen molar-refractivity contribution >= 4 is 23.4 Å². The first-order valence-electron chi connectivity index (χ1n) is 6.47. The highest BCUT2D eigenvalue weighted by molar-refractivity contribution is 7.99. The fraction of sp³-hybridized carbons (Fsp3) is 0.500. The highest BCUT2D eigenvalue weighted by Gasteiger charge is 2.07. The molecule has 5 heteroatoms. The topological polar surface area (TPSA) is 64.3 Å². The molecule has 1 aromatic rings. The largest absolute Gasteiger partial charge is 0.484 e. The normalized spacial score (nSPS) is 11.9. The van der Waals surface area contributed by atoms with Crippen molar-refractivity contribution in [2.75, 3.05) is 23.8 Å². The Morgan fingerprint density at radius 3 is 2.74 bits per heavy atom. The van der Waals surface area contributed by atoms with Gasteiger partial charge in [-0.25, -0.2) is 0 Å². The van der Waals surface area contributed by atoms with E-state index in [1.165, 1.54) is 0 Å². The Morgan fingerprint density at radius 1 is 1.42 bits per heavy atom. The van der Waals surface area contributed by atoms with E-state index >= 15 is 0 Å². The lowest BCUT2D eigenvalue weighted by molar-refractivity contribution is -0.123. The van der Waals surface area contributed by atoms with Gasteiger partial charge in [0.15, 0.2) is 6.61 Å². The molecule has 1 atom stereocenters. The van der Waals surface area contributed by atoms with Gasteiger partial charge in [-0.15, -0.1) is 0 Å². The van der Waals surface area contributed by atoms with Crippen molar-refractivity contribution in [3.63, 3.8) is 0 Å². The fourth-order valence-corrected chi connectivity index (χ4v) is 2.31. The zero-order chi connectivity index (χ0) is 14.1. The molecule has 1 amide bonds. The second kappa shape index (κ2) is 8.69. The molecule has 1 unspecified atom stereocenters. The van der Waals surface area contributed by atoms with Gasteiger partial charge in [0.1, 0.15) is 5.75 Å². The summed E-state index contributed by atoms with van der Waals surface area (Å²) in [4.78, 5) is 11.7. The number of benzene rings is 1. The highest BCUT2D eigenvalue weighted by atomic mass is 32.2. The van der Waals surface area contributed by atoms with Crippen LogP contribution in [0.15, 0.2) is 24.3 Å². The maximum Gasteiger partial charge on any atom is 0.258 e. The summed E-state index contributed by atoms with van der Waals surface area (Å²) in [6, 6.07) is 7.19. The summed E-state index contributed by atoms with van der Waals surface area (Å²) in [7, 11) is 0. The van der Waals surface area contributed by atoms with Gasteiger partial charge in [0.05, 0.1) is 0 Å². The van der Waals surface area contributed by atoms with Crippen molar-refractivity contribution in [2.45, 2.75) is 26.3 Å². The van der Waals surface area contributed by atoms with Gasteiger partial charge in [0.2, 0.25) is 0 Å².